The molecule has 0 bridgehead atoms. The third-order valence-electron chi connectivity index (χ3n) is 5.08. The zero-order chi connectivity index (χ0) is 19.7. The van der Waals surface area contributed by atoms with Gasteiger partial charge in [0.1, 0.15) is 0 Å². The Morgan fingerprint density at radius 1 is 1.21 bits per heavy atom. The number of aromatic amines is 1. The fourth-order valence-corrected chi connectivity index (χ4v) is 3.74. The Balaban J connectivity index is 1.50. The van der Waals surface area contributed by atoms with Crippen LogP contribution in [0.25, 0.3) is 10.9 Å². The maximum atomic E-state index is 13.0. The van der Waals surface area contributed by atoms with Crippen molar-refractivity contribution in [1.29, 1.82) is 0 Å². The molecule has 2 aromatic carbocycles. The van der Waals surface area contributed by atoms with E-state index in [-0.39, 0.29) is 11.8 Å². The maximum Gasteiger partial charge on any atom is 0.254 e. The van der Waals surface area contributed by atoms with Crippen LogP contribution in [0.2, 0.25) is 5.02 Å². The second kappa shape index (κ2) is 7.52. The van der Waals surface area contributed by atoms with Crippen LogP contribution in [0.5, 0.6) is 0 Å². The first-order valence-electron chi connectivity index (χ1n) is 9.12. The third kappa shape index (κ3) is 3.53. The first kappa shape index (κ1) is 18.3. The van der Waals surface area contributed by atoms with Gasteiger partial charge in [-0.05, 0) is 42.0 Å². The van der Waals surface area contributed by atoms with E-state index in [0.717, 1.165) is 28.5 Å². The van der Waals surface area contributed by atoms with Gasteiger partial charge < -0.3 is 15.2 Å². The van der Waals surface area contributed by atoms with Gasteiger partial charge in [-0.3, -0.25) is 9.59 Å². The number of nitrogens with zero attached hydrogens (tertiary/aromatic N) is 1. The number of carbonyl (C=O) groups is 2. The van der Waals surface area contributed by atoms with Gasteiger partial charge in [-0.25, -0.2) is 0 Å². The molecule has 0 aliphatic carbocycles. The van der Waals surface area contributed by atoms with E-state index < -0.39 is 0 Å². The van der Waals surface area contributed by atoms with Crippen LogP contribution in [0.4, 0.5) is 0 Å². The quantitative estimate of drug-likeness (QED) is 0.662. The molecular formula is C22H20ClN3O2. The molecular weight excluding hydrogens is 374 g/mol. The lowest BCUT2D eigenvalue weighted by Crippen LogP contribution is -2.35. The van der Waals surface area contributed by atoms with Crippen molar-refractivity contribution in [3.63, 3.8) is 0 Å². The van der Waals surface area contributed by atoms with Crippen LogP contribution < -0.4 is 5.32 Å². The van der Waals surface area contributed by atoms with E-state index in [1.165, 1.54) is 11.8 Å². The van der Waals surface area contributed by atoms with E-state index in [1.54, 1.807) is 12.1 Å². The summed E-state index contributed by atoms with van der Waals surface area (Å²) in [5.41, 5.74) is 4.93. The minimum Gasteiger partial charge on any atom is -0.358 e. The molecule has 2 amide bonds. The van der Waals surface area contributed by atoms with Gasteiger partial charge in [-0.1, -0.05) is 30.3 Å². The van der Waals surface area contributed by atoms with Gasteiger partial charge in [0.25, 0.3) is 5.91 Å². The zero-order valence-corrected chi connectivity index (χ0v) is 16.1. The molecule has 5 nitrogen and oxygen atoms in total. The lowest BCUT2D eigenvalue weighted by Gasteiger charge is -2.27. The molecule has 0 fully saturated rings. The summed E-state index contributed by atoms with van der Waals surface area (Å²) < 4.78 is 0. The Morgan fingerprint density at radius 2 is 2.00 bits per heavy atom. The molecule has 2 N–H and O–H groups in total. The Morgan fingerprint density at radius 3 is 2.75 bits per heavy atom. The Hall–Kier alpha value is -3.05. The van der Waals surface area contributed by atoms with Crippen LogP contribution >= 0.6 is 11.6 Å². The first-order valence-corrected chi connectivity index (χ1v) is 9.50. The molecule has 0 spiro atoms. The fraction of sp³-hybridized carbons (Fsp3) is 0.182. The minimum absolute atomic E-state index is 0.00343. The van der Waals surface area contributed by atoms with Crippen LogP contribution in [-0.4, -0.2) is 28.2 Å². The highest BCUT2D eigenvalue weighted by Gasteiger charge is 2.24. The molecule has 0 atom stereocenters. The van der Waals surface area contributed by atoms with Crippen molar-refractivity contribution in [2.24, 2.45) is 0 Å². The smallest absolute Gasteiger partial charge is 0.254 e. The minimum atomic E-state index is -0.219. The second-order valence-electron chi connectivity index (χ2n) is 6.87. The van der Waals surface area contributed by atoms with Crippen LogP contribution in [0.3, 0.4) is 0 Å². The summed E-state index contributed by atoms with van der Waals surface area (Å²) in [5.74, 6) is -0.216. The monoisotopic (exact) mass is 393 g/mol. The molecule has 0 radical (unpaired) electrons. The van der Waals surface area contributed by atoms with Crippen molar-refractivity contribution in [2.45, 2.75) is 19.5 Å². The Kier molecular flexibility index (Phi) is 4.92. The van der Waals surface area contributed by atoms with Gasteiger partial charge in [0.15, 0.2) is 0 Å². The van der Waals surface area contributed by atoms with Crippen molar-refractivity contribution in [3.05, 3.63) is 82.5 Å². The van der Waals surface area contributed by atoms with E-state index in [0.29, 0.717) is 30.2 Å². The Labute approximate surface area is 168 Å². The number of fused-ring (bicyclic) bond motifs is 3. The fourth-order valence-electron chi connectivity index (χ4n) is 3.57. The number of hydrogen-bond donors (Lipinski definition) is 2. The van der Waals surface area contributed by atoms with E-state index in [9.17, 15) is 9.59 Å². The standard InChI is InChI=1S/C22H20ClN3O2/c1-2-21(27)24-12-14-3-5-15(6-4-14)22(28)26-10-9-20-18(13-26)17-11-16(23)7-8-19(17)25-20/h2-8,11,25H,1,9-10,12-13H2,(H,24,27). The molecule has 0 unspecified atom stereocenters. The summed E-state index contributed by atoms with van der Waals surface area (Å²) in [6.45, 7) is 5.06. The molecule has 0 saturated carbocycles. The predicted octanol–water partition coefficient (Wildman–Crippen LogP) is 3.82. The lowest BCUT2D eigenvalue weighted by molar-refractivity contribution is -0.116. The largest absolute Gasteiger partial charge is 0.358 e. The van der Waals surface area contributed by atoms with E-state index >= 15 is 0 Å². The second-order valence-corrected chi connectivity index (χ2v) is 7.30. The molecule has 142 valence electrons. The van der Waals surface area contributed by atoms with Gasteiger partial charge in [0.2, 0.25) is 5.91 Å². The number of hydrogen-bond acceptors (Lipinski definition) is 2. The number of H-pyrrole nitrogens is 1. The van der Waals surface area contributed by atoms with Gasteiger partial charge in [0, 0.05) is 58.8 Å². The SMILES string of the molecule is C=CC(=O)NCc1ccc(C(=O)N2CCc3[nH]c4ccc(Cl)cc4c3C2)cc1. The molecule has 0 saturated heterocycles. The highest BCUT2D eigenvalue weighted by atomic mass is 35.5. The van der Waals surface area contributed by atoms with E-state index in [1.807, 2.05) is 35.2 Å². The number of nitrogens with one attached hydrogen (secondary N) is 2. The average Bonchev–Trinajstić information content (AvgIpc) is 3.09. The predicted molar refractivity (Wildman–Crippen MR) is 110 cm³/mol. The number of aromatic nitrogens is 1. The zero-order valence-electron chi connectivity index (χ0n) is 15.3. The van der Waals surface area contributed by atoms with E-state index in [4.69, 9.17) is 11.6 Å². The van der Waals surface area contributed by atoms with Gasteiger partial charge in [-0.2, -0.15) is 0 Å². The highest BCUT2D eigenvalue weighted by Crippen LogP contribution is 2.30. The summed E-state index contributed by atoms with van der Waals surface area (Å²) >= 11 is 6.16. The summed E-state index contributed by atoms with van der Waals surface area (Å²) in [5, 5.41) is 4.49. The first-order chi connectivity index (χ1) is 13.5. The number of carbonyl (C=O) groups excluding carboxylic acids is 2. The number of amides is 2. The topological polar surface area (TPSA) is 65.2 Å². The van der Waals surface area contributed by atoms with Crippen LogP contribution in [0, 0.1) is 0 Å². The number of benzene rings is 2. The summed E-state index contributed by atoms with van der Waals surface area (Å²) in [7, 11) is 0. The highest BCUT2D eigenvalue weighted by molar-refractivity contribution is 6.31. The molecule has 1 aliphatic rings. The van der Waals surface area contributed by atoms with Crippen molar-refractivity contribution >= 4 is 34.3 Å². The van der Waals surface area contributed by atoms with Gasteiger partial charge in [0.05, 0.1) is 0 Å². The molecule has 3 aromatic rings. The van der Waals surface area contributed by atoms with Gasteiger partial charge in [-0.15, -0.1) is 0 Å². The molecule has 1 aromatic heterocycles. The molecule has 2 heterocycles. The van der Waals surface area contributed by atoms with Crippen LogP contribution in [0.15, 0.2) is 55.1 Å². The van der Waals surface area contributed by atoms with Crippen LogP contribution in [-0.2, 0) is 24.3 Å². The van der Waals surface area contributed by atoms with Crippen molar-refractivity contribution in [1.82, 2.24) is 15.2 Å². The summed E-state index contributed by atoms with van der Waals surface area (Å²) in [6, 6.07) is 13.1. The van der Waals surface area contributed by atoms with Crippen molar-refractivity contribution < 1.29 is 9.59 Å². The van der Waals surface area contributed by atoms with Gasteiger partial charge >= 0.3 is 0 Å². The lowest BCUT2D eigenvalue weighted by atomic mass is 10.0. The normalized spacial score (nSPS) is 13.2. The molecule has 4 rings (SSSR count). The van der Waals surface area contributed by atoms with Crippen molar-refractivity contribution in [3.8, 4) is 0 Å². The van der Waals surface area contributed by atoms with E-state index in [2.05, 4.69) is 16.9 Å². The third-order valence-corrected chi connectivity index (χ3v) is 5.31. The molecule has 28 heavy (non-hydrogen) atoms. The van der Waals surface area contributed by atoms with Crippen molar-refractivity contribution in [2.75, 3.05) is 6.54 Å². The maximum absolute atomic E-state index is 13.0. The number of halogens is 1. The molecule has 1 aliphatic heterocycles. The Bertz CT molecular complexity index is 1070. The average molecular weight is 394 g/mol. The summed E-state index contributed by atoms with van der Waals surface area (Å²) in [4.78, 5) is 29.5. The summed E-state index contributed by atoms with van der Waals surface area (Å²) in [6.07, 6.45) is 2.03. The molecule has 6 heteroatoms. The number of rotatable bonds is 4. The van der Waals surface area contributed by atoms with Crippen LogP contribution in [0.1, 0.15) is 27.2 Å².